The predicted molar refractivity (Wildman–Crippen MR) is 110 cm³/mol. The normalized spacial score (nSPS) is 16.7. The Hall–Kier alpha value is -2.47. The lowest BCUT2D eigenvalue weighted by molar-refractivity contribution is -0.117. The standard InChI is InChI=1S/C21H24N2O3S/c1-14(2)10-19(24)22-16-7-4-6-15(11-16)21-23(20(25)13-27-21)17-8-5-9-18(12-17)26-3/h4-9,11-12,14,21H,10,13H2,1-3H3,(H,22,24). The maximum Gasteiger partial charge on any atom is 0.238 e. The molecule has 5 nitrogen and oxygen atoms in total. The molecule has 1 saturated heterocycles. The van der Waals surface area contributed by atoms with E-state index in [-0.39, 0.29) is 17.2 Å². The first-order valence-corrected chi connectivity index (χ1v) is 10.0. The summed E-state index contributed by atoms with van der Waals surface area (Å²) in [4.78, 5) is 26.4. The maximum absolute atomic E-state index is 12.5. The minimum Gasteiger partial charge on any atom is -0.497 e. The van der Waals surface area contributed by atoms with E-state index < -0.39 is 0 Å². The number of carbonyl (C=O) groups excluding carboxylic acids is 2. The largest absolute Gasteiger partial charge is 0.497 e. The Labute approximate surface area is 164 Å². The summed E-state index contributed by atoms with van der Waals surface area (Å²) >= 11 is 1.58. The molecule has 142 valence electrons. The van der Waals surface area contributed by atoms with Gasteiger partial charge in [-0.2, -0.15) is 0 Å². The van der Waals surface area contributed by atoms with Crippen molar-refractivity contribution in [2.45, 2.75) is 25.6 Å². The first-order valence-electron chi connectivity index (χ1n) is 8.95. The second-order valence-electron chi connectivity index (χ2n) is 6.90. The zero-order chi connectivity index (χ0) is 19.4. The SMILES string of the molecule is COc1cccc(N2C(=O)CSC2c2cccc(NC(=O)CC(C)C)c2)c1. The Morgan fingerprint density at radius 3 is 2.78 bits per heavy atom. The van der Waals surface area contributed by atoms with Crippen LogP contribution in [0.1, 0.15) is 31.2 Å². The average molecular weight is 385 g/mol. The van der Waals surface area contributed by atoms with Crippen LogP contribution in [0, 0.1) is 5.92 Å². The van der Waals surface area contributed by atoms with E-state index in [1.165, 1.54) is 0 Å². The van der Waals surface area contributed by atoms with Gasteiger partial charge in [-0.3, -0.25) is 14.5 Å². The molecule has 1 fully saturated rings. The number of hydrogen-bond acceptors (Lipinski definition) is 4. The molecule has 2 aromatic carbocycles. The van der Waals surface area contributed by atoms with E-state index in [1.807, 2.05) is 62.4 Å². The van der Waals surface area contributed by atoms with Crippen molar-refractivity contribution in [1.29, 1.82) is 0 Å². The molecule has 0 aromatic heterocycles. The minimum absolute atomic E-state index is 0.00181. The molecule has 0 radical (unpaired) electrons. The molecule has 1 heterocycles. The van der Waals surface area contributed by atoms with Gasteiger partial charge in [0.2, 0.25) is 11.8 Å². The van der Waals surface area contributed by atoms with Crippen LogP contribution in [-0.4, -0.2) is 24.7 Å². The highest BCUT2D eigenvalue weighted by Gasteiger charge is 2.34. The Balaban J connectivity index is 1.85. The van der Waals surface area contributed by atoms with Crippen molar-refractivity contribution in [3.63, 3.8) is 0 Å². The van der Waals surface area contributed by atoms with Crippen LogP contribution in [0.2, 0.25) is 0 Å². The molecule has 3 rings (SSSR count). The zero-order valence-electron chi connectivity index (χ0n) is 15.8. The summed E-state index contributed by atoms with van der Waals surface area (Å²) in [6, 6.07) is 15.2. The number of anilines is 2. The average Bonchev–Trinajstić information content (AvgIpc) is 3.03. The van der Waals surface area contributed by atoms with E-state index in [9.17, 15) is 9.59 Å². The van der Waals surface area contributed by atoms with Gasteiger partial charge < -0.3 is 10.1 Å². The summed E-state index contributed by atoms with van der Waals surface area (Å²) < 4.78 is 5.29. The molecule has 1 aliphatic rings. The number of nitrogens with zero attached hydrogens (tertiary/aromatic N) is 1. The highest BCUT2D eigenvalue weighted by Crippen LogP contribution is 2.42. The highest BCUT2D eigenvalue weighted by molar-refractivity contribution is 8.00. The quantitative estimate of drug-likeness (QED) is 0.799. The number of rotatable bonds is 6. The van der Waals surface area contributed by atoms with Crippen LogP contribution >= 0.6 is 11.8 Å². The van der Waals surface area contributed by atoms with Crippen molar-refractivity contribution in [3.8, 4) is 5.75 Å². The predicted octanol–water partition coefficient (Wildman–Crippen LogP) is 4.46. The van der Waals surface area contributed by atoms with Gasteiger partial charge in [0.05, 0.1) is 12.9 Å². The monoisotopic (exact) mass is 384 g/mol. The third-order valence-electron chi connectivity index (χ3n) is 4.25. The van der Waals surface area contributed by atoms with Crippen LogP contribution in [-0.2, 0) is 9.59 Å². The lowest BCUT2D eigenvalue weighted by atomic mass is 10.1. The molecule has 1 atom stereocenters. The summed E-state index contributed by atoms with van der Waals surface area (Å²) in [5.74, 6) is 1.51. The number of benzene rings is 2. The lowest BCUT2D eigenvalue weighted by Gasteiger charge is -2.25. The summed E-state index contributed by atoms with van der Waals surface area (Å²) in [5, 5.41) is 2.82. The number of nitrogens with one attached hydrogen (secondary N) is 1. The topological polar surface area (TPSA) is 58.6 Å². The van der Waals surface area contributed by atoms with Crippen molar-refractivity contribution >= 4 is 35.0 Å². The Kier molecular flexibility index (Phi) is 6.06. The molecular formula is C21H24N2O3S. The fraction of sp³-hybridized carbons (Fsp3) is 0.333. The molecule has 27 heavy (non-hydrogen) atoms. The third kappa shape index (κ3) is 4.63. The van der Waals surface area contributed by atoms with E-state index in [0.717, 1.165) is 16.9 Å². The number of carbonyl (C=O) groups is 2. The van der Waals surface area contributed by atoms with Gasteiger partial charge in [0.1, 0.15) is 11.1 Å². The second-order valence-corrected chi connectivity index (χ2v) is 7.97. The third-order valence-corrected chi connectivity index (χ3v) is 5.46. The molecule has 6 heteroatoms. The van der Waals surface area contributed by atoms with Crippen LogP contribution in [0.3, 0.4) is 0 Å². The number of thioether (sulfide) groups is 1. The van der Waals surface area contributed by atoms with Gasteiger partial charge in [-0.1, -0.05) is 32.0 Å². The minimum atomic E-state index is -0.133. The second kappa shape index (κ2) is 8.48. The van der Waals surface area contributed by atoms with Crippen LogP contribution in [0.5, 0.6) is 5.75 Å². The number of hydrogen-bond donors (Lipinski definition) is 1. The molecular weight excluding hydrogens is 360 g/mol. The summed E-state index contributed by atoms with van der Waals surface area (Å²) in [6.07, 6.45) is 0.483. The maximum atomic E-state index is 12.5. The smallest absolute Gasteiger partial charge is 0.238 e. The molecule has 2 aromatic rings. The van der Waals surface area contributed by atoms with Gasteiger partial charge in [-0.25, -0.2) is 0 Å². The van der Waals surface area contributed by atoms with Gasteiger partial charge >= 0.3 is 0 Å². The lowest BCUT2D eigenvalue weighted by Crippen LogP contribution is -2.27. The molecule has 1 unspecified atom stereocenters. The van der Waals surface area contributed by atoms with Crippen LogP contribution in [0.25, 0.3) is 0 Å². The molecule has 0 bridgehead atoms. The summed E-state index contributed by atoms with van der Waals surface area (Å²) in [5.41, 5.74) is 2.54. The van der Waals surface area contributed by atoms with Gasteiger partial charge in [0, 0.05) is 23.9 Å². The fourth-order valence-electron chi connectivity index (χ4n) is 3.06. The Bertz CT molecular complexity index is 838. The Morgan fingerprint density at radius 2 is 2.04 bits per heavy atom. The number of amides is 2. The van der Waals surface area contributed by atoms with E-state index in [4.69, 9.17) is 4.74 Å². The molecule has 1 N–H and O–H groups in total. The first kappa shape index (κ1) is 19.3. The van der Waals surface area contributed by atoms with Crippen molar-refractivity contribution in [1.82, 2.24) is 0 Å². The van der Waals surface area contributed by atoms with E-state index in [1.54, 1.807) is 23.8 Å². The zero-order valence-corrected chi connectivity index (χ0v) is 16.6. The van der Waals surface area contributed by atoms with Gasteiger partial charge in [0.15, 0.2) is 0 Å². The van der Waals surface area contributed by atoms with Crippen molar-refractivity contribution in [3.05, 3.63) is 54.1 Å². The fourth-order valence-corrected chi connectivity index (χ4v) is 4.23. The molecule has 2 amide bonds. The van der Waals surface area contributed by atoms with Crippen molar-refractivity contribution in [2.75, 3.05) is 23.1 Å². The molecule has 1 aliphatic heterocycles. The van der Waals surface area contributed by atoms with Crippen LogP contribution in [0.15, 0.2) is 48.5 Å². The van der Waals surface area contributed by atoms with E-state index in [0.29, 0.717) is 23.8 Å². The first-order chi connectivity index (χ1) is 13.0. The molecule has 0 aliphatic carbocycles. The summed E-state index contributed by atoms with van der Waals surface area (Å²) in [6.45, 7) is 4.03. The number of methoxy groups -OCH3 is 1. The summed E-state index contributed by atoms with van der Waals surface area (Å²) in [7, 11) is 1.61. The van der Waals surface area contributed by atoms with Crippen molar-refractivity contribution < 1.29 is 14.3 Å². The van der Waals surface area contributed by atoms with Gasteiger partial charge in [-0.05, 0) is 35.7 Å². The Morgan fingerprint density at radius 1 is 1.26 bits per heavy atom. The molecule has 0 spiro atoms. The van der Waals surface area contributed by atoms with Crippen LogP contribution < -0.4 is 15.0 Å². The van der Waals surface area contributed by atoms with Crippen LogP contribution in [0.4, 0.5) is 11.4 Å². The number of ether oxygens (including phenoxy) is 1. The van der Waals surface area contributed by atoms with E-state index in [2.05, 4.69) is 5.32 Å². The van der Waals surface area contributed by atoms with Crippen molar-refractivity contribution in [2.24, 2.45) is 5.92 Å². The van der Waals surface area contributed by atoms with Gasteiger partial charge in [-0.15, -0.1) is 11.8 Å². The molecule has 0 saturated carbocycles. The highest BCUT2D eigenvalue weighted by atomic mass is 32.2. The van der Waals surface area contributed by atoms with Gasteiger partial charge in [0.25, 0.3) is 0 Å². The van der Waals surface area contributed by atoms with E-state index >= 15 is 0 Å².